The van der Waals surface area contributed by atoms with E-state index in [2.05, 4.69) is 5.32 Å². The van der Waals surface area contributed by atoms with Crippen LogP contribution in [0.1, 0.15) is 29.4 Å². The van der Waals surface area contributed by atoms with Crippen molar-refractivity contribution in [1.29, 1.82) is 0 Å². The lowest BCUT2D eigenvalue weighted by Gasteiger charge is -2.04. The quantitative estimate of drug-likeness (QED) is 0.628. The lowest BCUT2D eigenvalue weighted by atomic mass is 10.3. The maximum atomic E-state index is 11.4. The molecule has 0 spiro atoms. The molecular weight excluding hydrogens is 240 g/mol. The third-order valence-corrected chi connectivity index (χ3v) is 4.90. The summed E-state index contributed by atoms with van der Waals surface area (Å²) in [6, 6.07) is 0. The molecule has 0 bridgehead atoms. The van der Waals surface area contributed by atoms with E-state index in [4.69, 9.17) is 5.73 Å². The first kappa shape index (κ1) is 11.8. The number of carbonyl (C=O) groups is 1. The number of Topliss-reactive ketones (excluding diaryl/α,β-unsaturated/α-hetero) is 1. The number of ketones is 1. The monoisotopic (exact) mass is 256 g/mol. The number of nitrogens with one attached hydrogen (secondary N) is 1. The van der Waals surface area contributed by atoms with E-state index in [-0.39, 0.29) is 5.78 Å². The molecule has 0 saturated heterocycles. The van der Waals surface area contributed by atoms with Gasteiger partial charge in [0.25, 0.3) is 0 Å². The number of nitrogens with two attached hydrogens (primary N) is 1. The van der Waals surface area contributed by atoms with E-state index in [9.17, 15) is 4.79 Å². The summed E-state index contributed by atoms with van der Waals surface area (Å²) in [5.74, 6) is 0.871. The highest BCUT2D eigenvalue weighted by molar-refractivity contribution is 7.99. The van der Waals surface area contributed by atoms with Gasteiger partial charge in [-0.3, -0.25) is 4.79 Å². The van der Waals surface area contributed by atoms with Crippen LogP contribution in [0.3, 0.4) is 0 Å². The zero-order valence-electron chi connectivity index (χ0n) is 9.50. The van der Waals surface area contributed by atoms with Crippen molar-refractivity contribution in [3.05, 3.63) is 4.88 Å². The number of hydrogen-bond donors (Lipinski definition) is 2. The highest BCUT2D eigenvalue weighted by Crippen LogP contribution is 2.42. The van der Waals surface area contributed by atoms with Crippen LogP contribution in [0.2, 0.25) is 0 Å². The molecule has 0 unspecified atom stereocenters. The van der Waals surface area contributed by atoms with E-state index < -0.39 is 0 Å². The normalized spacial score (nSPS) is 15.1. The molecule has 16 heavy (non-hydrogen) atoms. The van der Waals surface area contributed by atoms with Crippen LogP contribution in [-0.4, -0.2) is 18.6 Å². The second-order valence-corrected chi connectivity index (χ2v) is 5.92. The molecule has 0 aliphatic heterocycles. The van der Waals surface area contributed by atoms with Crippen LogP contribution in [0.25, 0.3) is 0 Å². The molecule has 88 valence electrons. The zero-order chi connectivity index (χ0) is 11.7. The van der Waals surface area contributed by atoms with Gasteiger partial charge in [-0.2, -0.15) is 0 Å². The third-order valence-electron chi connectivity index (χ3n) is 2.67. The molecule has 2 rings (SSSR count). The fourth-order valence-corrected chi connectivity index (χ4v) is 3.51. The van der Waals surface area contributed by atoms with Gasteiger partial charge in [0.2, 0.25) is 0 Å². The number of nitrogen functional groups attached to an aromatic ring is 1. The lowest BCUT2D eigenvalue weighted by molar-refractivity contribution is 0.102. The SMILES string of the molecule is CSc1c(NCC2CC2)sc(C(C)=O)c1N. The molecule has 1 heterocycles. The standard InChI is InChI=1S/C11H16N2OS2/c1-6(14)9-8(12)10(15-2)11(16-9)13-5-7-3-4-7/h7,13H,3-5,12H2,1-2H3. The maximum Gasteiger partial charge on any atom is 0.171 e. The van der Waals surface area contributed by atoms with Gasteiger partial charge in [0, 0.05) is 13.5 Å². The van der Waals surface area contributed by atoms with Crippen molar-refractivity contribution in [2.75, 3.05) is 23.9 Å². The number of hydrogen-bond acceptors (Lipinski definition) is 5. The van der Waals surface area contributed by atoms with Crippen molar-refractivity contribution in [2.45, 2.75) is 24.7 Å². The first-order chi connectivity index (χ1) is 7.63. The molecule has 0 radical (unpaired) electrons. The molecule has 1 aliphatic rings. The Morgan fingerprint density at radius 3 is 2.81 bits per heavy atom. The van der Waals surface area contributed by atoms with Crippen molar-refractivity contribution >= 4 is 39.6 Å². The number of carbonyl (C=O) groups excluding carboxylic acids is 1. The van der Waals surface area contributed by atoms with Crippen LogP contribution in [0.5, 0.6) is 0 Å². The minimum Gasteiger partial charge on any atom is -0.396 e. The Hall–Kier alpha value is -0.680. The first-order valence-electron chi connectivity index (χ1n) is 5.34. The molecule has 5 heteroatoms. The second-order valence-electron chi connectivity index (χ2n) is 4.09. The summed E-state index contributed by atoms with van der Waals surface area (Å²) < 4.78 is 0. The summed E-state index contributed by atoms with van der Waals surface area (Å²) in [6.45, 7) is 2.57. The lowest BCUT2D eigenvalue weighted by Crippen LogP contribution is -2.02. The molecule has 0 aromatic carbocycles. The average Bonchev–Trinajstić information content (AvgIpc) is 3.00. The summed E-state index contributed by atoms with van der Waals surface area (Å²) >= 11 is 3.09. The van der Waals surface area contributed by atoms with Crippen LogP contribution in [0, 0.1) is 5.92 Å². The Labute approximate surface area is 104 Å². The van der Waals surface area contributed by atoms with Gasteiger partial charge >= 0.3 is 0 Å². The van der Waals surface area contributed by atoms with E-state index in [0.29, 0.717) is 10.6 Å². The highest BCUT2D eigenvalue weighted by atomic mass is 32.2. The molecule has 0 amide bonds. The van der Waals surface area contributed by atoms with Gasteiger partial charge in [-0.1, -0.05) is 0 Å². The maximum absolute atomic E-state index is 11.4. The minimum atomic E-state index is 0.0530. The Morgan fingerprint density at radius 2 is 2.31 bits per heavy atom. The predicted molar refractivity (Wildman–Crippen MR) is 71.7 cm³/mol. The number of thioether (sulfide) groups is 1. The van der Waals surface area contributed by atoms with E-state index in [1.54, 1.807) is 18.7 Å². The van der Waals surface area contributed by atoms with Gasteiger partial charge in [-0.25, -0.2) is 0 Å². The van der Waals surface area contributed by atoms with Crippen LogP contribution >= 0.6 is 23.1 Å². The smallest absolute Gasteiger partial charge is 0.171 e. The van der Waals surface area contributed by atoms with Crippen molar-refractivity contribution < 1.29 is 4.79 Å². The van der Waals surface area contributed by atoms with Crippen LogP contribution < -0.4 is 11.1 Å². The number of thiophene rings is 1. The van der Waals surface area contributed by atoms with Crippen molar-refractivity contribution in [3.8, 4) is 0 Å². The molecule has 3 N–H and O–H groups in total. The van der Waals surface area contributed by atoms with E-state index in [1.807, 2.05) is 6.26 Å². The molecule has 1 aliphatic carbocycles. The van der Waals surface area contributed by atoms with Crippen molar-refractivity contribution in [1.82, 2.24) is 0 Å². The highest BCUT2D eigenvalue weighted by Gasteiger charge is 2.23. The van der Waals surface area contributed by atoms with Gasteiger partial charge < -0.3 is 11.1 Å². The molecule has 1 aromatic heterocycles. The molecule has 3 nitrogen and oxygen atoms in total. The van der Waals surface area contributed by atoms with E-state index in [1.165, 1.54) is 24.2 Å². The fraction of sp³-hybridized carbons (Fsp3) is 0.545. The van der Waals surface area contributed by atoms with Crippen LogP contribution in [0.4, 0.5) is 10.7 Å². The third kappa shape index (κ3) is 2.35. The van der Waals surface area contributed by atoms with E-state index in [0.717, 1.165) is 22.4 Å². The Kier molecular flexibility index (Phi) is 3.44. The zero-order valence-corrected chi connectivity index (χ0v) is 11.1. The van der Waals surface area contributed by atoms with Crippen LogP contribution in [0.15, 0.2) is 4.90 Å². The summed E-state index contributed by atoms with van der Waals surface area (Å²) in [4.78, 5) is 13.1. The fourth-order valence-electron chi connectivity index (χ4n) is 1.57. The minimum absolute atomic E-state index is 0.0530. The molecule has 1 fully saturated rings. The summed E-state index contributed by atoms with van der Waals surface area (Å²) in [5.41, 5.74) is 6.61. The average molecular weight is 256 g/mol. The molecule has 1 aromatic rings. The first-order valence-corrected chi connectivity index (χ1v) is 7.38. The van der Waals surface area contributed by atoms with E-state index >= 15 is 0 Å². The molecule has 1 saturated carbocycles. The Balaban J connectivity index is 2.20. The van der Waals surface area contributed by atoms with Gasteiger partial charge in [-0.05, 0) is 25.0 Å². The van der Waals surface area contributed by atoms with Gasteiger partial charge in [0.05, 0.1) is 15.5 Å². The number of rotatable bonds is 5. The van der Waals surface area contributed by atoms with Crippen molar-refractivity contribution in [3.63, 3.8) is 0 Å². The topological polar surface area (TPSA) is 55.1 Å². The molecule has 0 atom stereocenters. The van der Waals surface area contributed by atoms with Gasteiger partial charge in [-0.15, -0.1) is 23.1 Å². The largest absolute Gasteiger partial charge is 0.396 e. The second kappa shape index (κ2) is 4.67. The predicted octanol–water partition coefficient (Wildman–Crippen LogP) is 3.08. The molecular formula is C11H16N2OS2. The van der Waals surface area contributed by atoms with Gasteiger partial charge in [0.1, 0.15) is 5.00 Å². The van der Waals surface area contributed by atoms with Crippen LogP contribution in [-0.2, 0) is 0 Å². The Morgan fingerprint density at radius 1 is 1.62 bits per heavy atom. The Bertz CT molecular complexity index is 410. The summed E-state index contributed by atoms with van der Waals surface area (Å²) in [6.07, 6.45) is 4.63. The van der Waals surface area contributed by atoms with Crippen molar-refractivity contribution in [2.24, 2.45) is 5.92 Å². The van der Waals surface area contributed by atoms with Gasteiger partial charge in [0.15, 0.2) is 5.78 Å². The summed E-state index contributed by atoms with van der Waals surface area (Å²) in [5, 5.41) is 4.47. The number of anilines is 2. The summed E-state index contributed by atoms with van der Waals surface area (Å²) in [7, 11) is 0.